The Morgan fingerprint density at radius 2 is 1.77 bits per heavy atom. The zero-order valence-corrected chi connectivity index (χ0v) is 12.1. The van der Waals surface area contributed by atoms with E-state index in [9.17, 15) is 22.0 Å². The van der Waals surface area contributed by atoms with Crippen molar-refractivity contribution in [3.05, 3.63) is 59.2 Å². The SMILES string of the molecule is Cc1cc(NS(=O)(=O)c2ccc(C(=O)O)cc2F)ccc1F. The van der Waals surface area contributed by atoms with Gasteiger partial charge in [-0.2, -0.15) is 0 Å². The number of benzene rings is 2. The van der Waals surface area contributed by atoms with Gasteiger partial charge in [0.2, 0.25) is 0 Å². The van der Waals surface area contributed by atoms with Crippen LogP contribution in [0.3, 0.4) is 0 Å². The smallest absolute Gasteiger partial charge is 0.335 e. The summed E-state index contributed by atoms with van der Waals surface area (Å²) in [6.07, 6.45) is 0. The summed E-state index contributed by atoms with van der Waals surface area (Å²) >= 11 is 0. The molecule has 2 aromatic rings. The zero-order chi connectivity index (χ0) is 16.5. The molecular formula is C14H11F2NO4S. The van der Waals surface area contributed by atoms with Crippen LogP contribution in [0.25, 0.3) is 0 Å². The normalized spacial score (nSPS) is 11.2. The predicted octanol–water partition coefficient (Wildman–Crippen LogP) is 2.77. The van der Waals surface area contributed by atoms with Crippen LogP contribution in [-0.4, -0.2) is 19.5 Å². The molecule has 2 aromatic carbocycles. The number of halogens is 2. The lowest BCUT2D eigenvalue weighted by Gasteiger charge is -2.10. The van der Waals surface area contributed by atoms with Gasteiger partial charge >= 0.3 is 5.97 Å². The number of aromatic carboxylic acids is 1. The zero-order valence-electron chi connectivity index (χ0n) is 11.3. The molecule has 116 valence electrons. The summed E-state index contributed by atoms with van der Waals surface area (Å²) in [6.45, 7) is 1.45. The van der Waals surface area contributed by atoms with Gasteiger partial charge < -0.3 is 5.11 Å². The van der Waals surface area contributed by atoms with Crippen molar-refractivity contribution in [3.8, 4) is 0 Å². The van der Waals surface area contributed by atoms with Crippen molar-refractivity contribution in [1.82, 2.24) is 0 Å². The minimum atomic E-state index is -4.26. The number of carboxylic acid groups (broad SMARTS) is 1. The summed E-state index contributed by atoms with van der Waals surface area (Å²) in [6, 6.07) is 6.00. The highest BCUT2D eigenvalue weighted by molar-refractivity contribution is 7.92. The molecule has 0 saturated heterocycles. The number of sulfonamides is 1. The average Bonchev–Trinajstić information content (AvgIpc) is 2.42. The first-order valence-electron chi connectivity index (χ1n) is 6.02. The Hall–Kier alpha value is -2.48. The maximum Gasteiger partial charge on any atom is 0.335 e. The minimum Gasteiger partial charge on any atom is -0.478 e. The van der Waals surface area contributed by atoms with Crippen molar-refractivity contribution in [2.75, 3.05) is 4.72 Å². The number of rotatable bonds is 4. The second-order valence-corrected chi connectivity index (χ2v) is 6.17. The fourth-order valence-corrected chi connectivity index (χ4v) is 2.88. The van der Waals surface area contributed by atoms with E-state index in [1.165, 1.54) is 19.1 Å². The highest BCUT2D eigenvalue weighted by atomic mass is 32.2. The van der Waals surface area contributed by atoms with E-state index in [4.69, 9.17) is 5.11 Å². The van der Waals surface area contributed by atoms with Crippen molar-refractivity contribution in [2.45, 2.75) is 11.8 Å². The standard InChI is InChI=1S/C14H11F2NO4S/c1-8-6-10(3-4-11(8)15)17-22(20,21)13-5-2-9(14(18)19)7-12(13)16/h2-7,17H,1H3,(H,18,19). The predicted molar refractivity (Wildman–Crippen MR) is 75.3 cm³/mol. The van der Waals surface area contributed by atoms with Gasteiger partial charge in [-0.05, 0) is 48.9 Å². The monoisotopic (exact) mass is 327 g/mol. The largest absolute Gasteiger partial charge is 0.478 e. The van der Waals surface area contributed by atoms with Crippen molar-refractivity contribution in [1.29, 1.82) is 0 Å². The number of aryl methyl sites for hydroxylation is 1. The first kappa shape index (κ1) is 15.9. The van der Waals surface area contributed by atoms with Gasteiger partial charge in [0, 0.05) is 5.69 Å². The minimum absolute atomic E-state index is 0.0700. The second kappa shape index (κ2) is 5.72. The van der Waals surface area contributed by atoms with E-state index in [1.807, 2.05) is 0 Å². The van der Waals surface area contributed by atoms with E-state index in [0.717, 1.165) is 18.2 Å². The molecule has 2 rings (SSSR count). The molecule has 5 nitrogen and oxygen atoms in total. The van der Waals surface area contributed by atoms with Gasteiger partial charge in [-0.25, -0.2) is 22.0 Å². The number of anilines is 1. The number of hydrogen-bond acceptors (Lipinski definition) is 3. The van der Waals surface area contributed by atoms with Crippen LogP contribution in [0.2, 0.25) is 0 Å². The Balaban J connectivity index is 2.38. The van der Waals surface area contributed by atoms with Crippen LogP contribution in [0.1, 0.15) is 15.9 Å². The molecule has 0 fully saturated rings. The summed E-state index contributed by atoms with van der Waals surface area (Å²) in [5, 5.41) is 8.73. The lowest BCUT2D eigenvalue weighted by Crippen LogP contribution is -2.15. The molecule has 0 radical (unpaired) electrons. The van der Waals surface area contributed by atoms with Gasteiger partial charge in [0.15, 0.2) is 0 Å². The fraction of sp³-hybridized carbons (Fsp3) is 0.0714. The summed E-state index contributed by atoms with van der Waals surface area (Å²) in [7, 11) is -4.26. The molecule has 0 atom stereocenters. The molecule has 0 aromatic heterocycles. The van der Waals surface area contributed by atoms with Gasteiger partial charge in [-0.15, -0.1) is 0 Å². The Morgan fingerprint density at radius 3 is 2.32 bits per heavy atom. The lowest BCUT2D eigenvalue weighted by molar-refractivity contribution is 0.0696. The molecule has 22 heavy (non-hydrogen) atoms. The number of hydrogen-bond donors (Lipinski definition) is 2. The van der Waals surface area contributed by atoms with Gasteiger partial charge in [-0.1, -0.05) is 0 Å². The molecule has 0 bridgehead atoms. The Bertz CT molecular complexity index is 850. The van der Waals surface area contributed by atoms with Gasteiger partial charge in [0.25, 0.3) is 10.0 Å². The number of nitrogens with one attached hydrogen (secondary N) is 1. The summed E-state index contributed by atoms with van der Waals surface area (Å²) < 4.78 is 53.3. The third-order valence-electron chi connectivity index (χ3n) is 2.88. The molecule has 0 spiro atoms. The maximum absolute atomic E-state index is 13.8. The molecule has 0 aliphatic carbocycles. The third kappa shape index (κ3) is 3.22. The molecule has 0 aliphatic heterocycles. The first-order chi connectivity index (χ1) is 10.2. The van der Waals surface area contributed by atoms with E-state index >= 15 is 0 Å². The van der Waals surface area contributed by atoms with E-state index in [-0.39, 0.29) is 16.8 Å². The van der Waals surface area contributed by atoms with E-state index in [1.54, 1.807) is 0 Å². The third-order valence-corrected chi connectivity index (χ3v) is 4.29. The van der Waals surface area contributed by atoms with Gasteiger partial charge in [0.1, 0.15) is 16.5 Å². The van der Waals surface area contributed by atoms with Crippen LogP contribution >= 0.6 is 0 Å². The highest BCUT2D eigenvalue weighted by Crippen LogP contribution is 2.21. The quantitative estimate of drug-likeness (QED) is 0.904. The van der Waals surface area contributed by atoms with Crippen LogP contribution < -0.4 is 4.72 Å². The maximum atomic E-state index is 13.8. The summed E-state index contributed by atoms with van der Waals surface area (Å²) in [5.41, 5.74) is -0.0726. The summed E-state index contributed by atoms with van der Waals surface area (Å²) in [4.78, 5) is 10.0. The van der Waals surface area contributed by atoms with Crippen molar-refractivity contribution in [2.24, 2.45) is 0 Å². The fourth-order valence-electron chi connectivity index (χ4n) is 1.77. The van der Waals surface area contributed by atoms with Crippen LogP contribution in [-0.2, 0) is 10.0 Å². The van der Waals surface area contributed by atoms with Crippen LogP contribution in [0, 0.1) is 18.6 Å². The molecule has 0 saturated carbocycles. The van der Waals surface area contributed by atoms with Crippen molar-refractivity contribution >= 4 is 21.7 Å². The van der Waals surface area contributed by atoms with Crippen molar-refractivity contribution in [3.63, 3.8) is 0 Å². The van der Waals surface area contributed by atoms with E-state index in [0.29, 0.717) is 6.07 Å². The van der Waals surface area contributed by atoms with Gasteiger partial charge in [0.05, 0.1) is 5.56 Å². The van der Waals surface area contributed by atoms with Gasteiger partial charge in [-0.3, -0.25) is 4.72 Å². The molecule has 0 unspecified atom stereocenters. The molecular weight excluding hydrogens is 316 g/mol. The van der Waals surface area contributed by atoms with E-state index < -0.39 is 32.5 Å². The summed E-state index contributed by atoms with van der Waals surface area (Å²) in [5.74, 6) is -3.06. The van der Waals surface area contributed by atoms with Crippen LogP contribution in [0.15, 0.2) is 41.3 Å². The Morgan fingerprint density at radius 1 is 1.09 bits per heavy atom. The van der Waals surface area contributed by atoms with E-state index in [2.05, 4.69) is 4.72 Å². The molecule has 8 heteroatoms. The Labute approximate surface area is 125 Å². The Kier molecular flexibility index (Phi) is 4.14. The topological polar surface area (TPSA) is 83.5 Å². The second-order valence-electron chi connectivity index (χ2n) is 4.52. The van der Waals surface area contributed by atoms with Crippen LogP contribution in [0.4, 0.5) is 14.5 Å². The number of carboxylic acids is 1. The number of carbonyl (C=O) groups is 1. The molecule has 2 N–H and O–H groups in total. The van der Waals surface area contributed by atoms with Crippen LogP contribution in [0.5, 0.6) is 0 Å². The molecule has 0 amide bonds. The highest BCUT2D eigenvalue weighted by Gasteiger charge is 2.21. The molecule has 0 heterocycles. The molecule has 0 aliphatic rings. The average molecular weight is 327 g/mol. The lowest BCUT2D eigenvalue weighted by atomic mass is 10.2. The first-order valence-corrected chi connectivity index (χ1v) is 7.51. The van der Waals surface area contributed by atoms with Crippen molar-refractivity contribution < 1.29 is 27.1 Å².